The summed E-state index contributed by atoms with van der Waals surface area (Å²) >= 11 is 0. The molecular formula is C14H19N5O. The van der Waals surface area contributed by atoms with Crippen LogP contribution < -0.4 is 11.1 Å². The van der Waals surface area contributed by atoms with E-state index in [1.165, 1.54) is 4.68 Å². The summed E-state index contributed by atoms with van der Waals surface area (Å²) in [4.78, 5) is 12.0. The molecule has 6 heteroatoms. The number of nitrogens with one attached hydrogen (secondary N) is 1. The lowest BCUT2D eigenvalue weighted by Crippen LogP contribution is -2.31. The summed E-state index contributed by atoms with van der Waals surface area (Å²) < 4.78 is 1.50. The minimum Gasteiger partial charge on any atom is -0.348 e. The van der Waals surface area contributed by atoms with Crippen LogP contribution in [-0.2, 0) is 17.9 Å². The zero-order valence-corrected chi connectivity index (χ0v) is 11.5. The summed E-state index contributed by atoms with van der Waals surface area (Å²) in [6.07, 6.45) is 2.52. The number of hydrogen-bond donors (Lipinski definition) is 2. The van der Waals surface area contributed by atoms with Crippen molar-refractivity contribution in [2.75, 3.05) is 0 Å². The number of rotatable bonds is 6. The molecule has 106 valence electrons. The van der Waals surface area contributed by atoms with Crippen molar-refractivity contribution in [3.05, 3.63) is 47.8 Å². The first-order chi connectivity index (χ1) is 9.72. The lowest BCUT2D eigenvalue weighted by molar-refractivity contribution is -0.122. The van der Waals surface area contributed by atoms with Gasteiger partial charge in [0.15, 0.2) is 0 Å². The van der Waals surface area contributed by atoms with Crippen molar-refractivity contribution >= 4 is 5.91 Å². The Labute approximate surface area is 118 Å². The minimum atomic E-state index is -0.0887. The van der Waals surface area contributed by atoms with Gasteiger partial charge in [0.2, 0.25) is 5.91 Å². The van der Waals surface area contributed by atoms with E-state index in [-0.39, 0.29) is 18.5 Å². The zero-order chi connectivity index (χ0) is 14.4. The molecule has 1 amide bonds. The van der Waals surface area contributed by atoms with Gasteiger partial charge in [-0.15, -0.1) is 5.10 Å². The minimum absolute atomic E-state index is 0.0150. The predicted octanol–water partition coefficient (Wildman–Crippen LogP) is 1.00. The van der Waals surface area contributed by atoms with E-state index < -0.39 is 0 Å². The van der Waals surface area contributed by atoms with Crippen molar-refractivity contribution in [1.82, 2.24) is 20.3 Å². The molecule has 0 spiro atoms. The molecule has 0 aliphatic heterocycles. The van der Waals surface area contributed by atoms with Gasteiger partial charge >= 0.3 is 0 Å². The fraction of sp³-hybridized carbons (Fsp3) is 0.357. The third-order valence-electron chi connectivity index (χ3n) is 3.05. The van der Waals surface area contributed by atoms with Crippen LogP contribution in [0.5, 0.6) is 0 Å². The van der Waals surface area contributed by atoms with E-state index in [1.807, 2.05) is 37.3 Å². The molecule has 1 unspecified atom stereocenters. The van der Waals surface area contributed by atoms with Crippen LogP contribution in [0.15, 0.2) is 36.5 Å². The first-order valence-electron chi connectivity index (χ1n) is 6.66. The van der Waals surface area contributed by atoms with E-state index in [4.69, 9.17) is 5.73 Å². The molecule has 6 nitrogen and oxygen atoms in total. The van der Waals surface area contributed by atoms with Gasteiger partial charge in [-0.25, -0.2) is 4.68 Å². The van der Waals surface area contributed by atoms with Crippen LogP contribution >= 0.6 is 0 Å². The first kappa shape index (κ1) is 14.2. The second-order valence-electron chi connectivity index (χ2n) is 4.55. The molecule has 0 bridgehead atoms. The van der Waals surface area contributed by atoms with Crippen LogP contribution in [0.4, 0.5) is 0 Å². The van der Waals surface area contributed by atoms with Gasteiger partial charge in [0.05, 0.1) is 17.9 Å². The second kappa shape index (κ2) is 6.81. The van der Waals surface area contributed by atoms with Gasteiger partial charge < -0.3 is 11.1 Å². The maximum absolute atomic E-state index is 12.0. The number of amides is 1. The van der Waals surface area contributed by atoms with Crippen LogP contribution in [0, 0.1) is 0 Å². The highest BCUT2D eigenvalue weighted by atomic mass is 16.2. The van der Waals surface area contributed by atoms with Gasteiger partial charge in [-0.3, -0.25) is 4.79 Å². The van der Waals surface area contributed by atoms with Crippen molar-refractivity contribution < 1.29 is 4.79 Å². The lowest BCUT2D eigenvalue weighted by atomic mass is 10.0. The van der Waals surface area contributed by atoms with Crippen molar-refractivity contribution in [3.8, 4) is 0 Å². The SMILES string of the molecule is CCC(NC(=O)Cn1cc(CN)nn1)c1ccccc1. The van der Waals surface area contributed by atoms with Gasteiger partial charge in [-0.05, 0) is 12.0 Å². The summed E-state index contributed by atoms with van der Waals surface area (Å²) in [5, 5.41) is 10.7. The van der Waals surface area contributed by atoms with Crippen LogP contribution in [0.2, 0.25) is 0 Å². The topological polar surface area (TPSA) is 85.8 Å². The van der Waals surface area contributed by atoms with Gasteiger partial charge in [0.25, 0.3) is 0 Å². The Hall–Kier alpha value is -2.21. The van der Waals surface area contributed by atoms with E-state index in [0.717, 1.165) is 12.0 Å². The number of nitrogens with zero attached hydrogens (tertiary/aromatic N) is 3. The Balaban J connectivity index is 1.96. The average Bonchev–Trinajstić information content (AvgIpc) is 2.93. The molecule has 0 saturated heterocycles. The molecular weight excluding hydrogens is 254 g/mol. The molecule has 20 heavy (non-hydrogen) atoms. The zero-order valence-electron chi connectivity index (χ0n) is 11.5. The molecule has 2 rings (SSSR count). The maximum Gasteiger partial charge on any atom is 0.242 e. The molecule has 2 aromatic rings. The summed E-state index contributed by atoms with van der Waals surface area (Å²) in [5.41, 5.74) is 7.23. The number of nitrogens with two attached hydrogens (primary N) is 1. The number of aromatic nitrogens is 3. The Morgan fingerprint density at radius 3 is 2.75 bits per heavy atom. The molecule has 1 aromatic heterocycles. The smallest absolute Gasteiger partial charge is 0.242 e. The number of benzene rings is 1. The van der Waals surface area contributed by atoms with E-state index in [1.54, 1.807) is 6.20 Å². The van der Waals surface area contributed by atoms with Crippen LogP contribution in [-0.4, -0.2) is 20.9 Å². The molecule has 3 N–H and O–H groups in total. The van der Waals surface area contributed by atoms with Crippen LogP contribution in [0.25, 0.3) is 0 Å². The summed E-state index contributed by atoms with van der Waals surface area (Å²) in [6, 6.07) is 9.93. The lowest BCUT2D eigenvalue weighted by Gasteiger charge is -2.17. The predicted molar refractivity (Wildman–Crippen MR) is 75.5 cm³/mol. The van der Waals surface area contributed by atoms with Crippen LogP contribution in [0.3, 0.4) is 0 Å². The molecule has 0 saturated carbocycles. The molecule has 1 aromatic carbocycles. The Kier molecular flexibility index (Phi) is 4.84. The largest absolute Gasteiger partial charge is 0.348 e. The number of carbonyl (C=O) groups is 1. The van der Waals surface area contributed by atoms with Crippen molar-refractivity contribution in [2.45, 2.75) is 32.5 Å². The Morgan fingerprint density at radius 2 is 2.15 bits per heavy atom. The standard InChI is InChI=1S/C14H19N5O/c1-2-13(11-6-4-3-5-7-11)16-14(20)10-19-9-12(8-15)17-18-19/h3-7,9,13H,2,8,10,15H2,1H3,(H,16,20). The van der Waals surface area contributed by atoms with E-state index in [9.17, 15) is 4.79 Å². The van der Waals surface area contributed by atoms with E-state index >= 15 is 0 Å². The quantitative estimate of drug-likeness (QED) is 0.822. The Morgan fingerprint density at radius 1 is 1.40 bits per heavy atom. The van der Waals surface area contributed by atoms with Crippen molar-refractivity contribution in [3.63, 3.8) is 0 Å². The highest BCUT2D eigenvalue weighted by Crippen LogP contribution is 2.15. The fourth-order valence-corrected chi connectivity index (χ4v) is 2.00. The molecule has 0 radical (unpaired) electrons. The maximum atomic E-state index is 12.0. The molecule has 1 heterocycles. The highest BCUT2D eigenvalue weighted by molar-refractivity contribution is 5.76. The second-order valence-corrected chi connectivity index (χ2v) is 4.55. The molecule has 0 aliphatic carbocycles. The molecule has 0 aliphatic rings. The fourth-order valence-electron chi connectivity index (χ4n) is 2.00. The summed E-state index contributed by atoms with van der Waals surface area (Å²) in [5.74, 6) is -0.0887. The summed E-state index contributed by atoms with van der Waals surface area (Å²) in [7, 11) is 0. The van der Waals surface area contributed by atoms with E-state index in [2.05, 4.69) is 15.6 Å². The summed E-state index contributed by atoms with van der Waals surface area (Å²) in [6.45, 7) is 2.51. The van der Waals surface area contributed by atoms with Crippen molar-refractivity contribution in [1.29, 1.82) is 0 Å². The Bertz CT molecular complexity index is 552. The molecule has 0 fully saturated rings. The highest BCUT2D eigenvalue weighted by Gasteiger charge is 2.13. The van der Waals surface area contributed by atoms with Gasteiger partial charge in [0.1, 0.15) is 6.54 Å². The normalized spacial score (nSPS) is 12.1. The first-order valence-corrected chi connectivity index (χ1v) is 6.66. The monoisotopic (exact) mass is 273 g/mol. The third-order valence-corrected chi connectivity index (χ3v) is 3.05. The van der Waals surface area contributed by atoms with Gasteiger partial charge in [-0.2, -0.15) is 0 Å². The average molecular weight is 273 g/mol. The van der Waals surface area contributed by atoms with Crippen LogP contribution in [0.1, 0.15) is 30.6 Å². The van der Waals surface area contributed by atoms with Gasteiger partial charge in [-0.1, -0.05) is 42.5 Å². The van der Waals surface area contributed by atoms with Crippen molar-refractivity contribution in [2.24, 2.45) is 5.73 Å². The van der Waals surface area contributed by atoms with E-state index in [0.29, 0.717) is 12.2 Å². The number of carbonyl (C=O) groups excluding carboxylic acids is 1. The molecule has 1 atom stereocenters. The third kappa shape index (κ3) is 3.64. The van der Waals surface area contributed by atoms with Gasteiger partial charge in [0, 0.05) is 6.54 Å². The number of hydrogen-bond acceptors (Lipinski definition) is 4.